The minimum absolute atomic E-state index is 0.147. The topological polar surface area (TPSA) is 9.72 Å². The highest BCUT2D eigenvalue weighted by Gasteiger charge is 2.18. The van der Waals surface area contributed by atoms with Crippen LogP contribution in [0.25, 0.3) is 0 Å². The SMILES string of the molecule is Cc1ccc(CN(C)c2ccc(C(c3ccc(N(C)C)cc3)c3ccc(N(C)Cc4ccc(C)cc4)cc3)cc2)cc1. The van der Waals surface area contributed by atoms with Gasteiger partial charge in [-0.05, 0) is 78.1 Å². The molecule has 5 aromatic rings. The van der Waals surface area contributed by atoms with Gasteiger partial charge in [0.25, 0.3) is 0 Å². The molecule has 0 heterocycles. The molecule has 0 unspecified atom stereocenters. The van der Waals surface area contributed by atoms with Crippen LogP contribution in [-0.2, 0) is 13.1 Å². The second-order valence-electron chi connectivity index (χ2n) is 11.8. The summed E-state index contributed by atoms with van der Waals surface area (Å²) in [5, 5.41) is 0. The summed E-state index contributed by atoms with van der Waals surface area (Å²) in [4.78, 5) is 6.78. The summed E-state index contributed by atoms with van der Waals surface area (Å²) in [5.41, 5.74) is 12.7. The van der Waals surface area contributed by atoms with Crippen molar-refractivity contribution in [2.75, 3.05) is 42.9 Å². The Morgan fingerprint density at radius 2 is 0.714 bits per heavy atom. The maximum Gasteiger partial charge on any atom is 0.0426 e. The summed E-state index contributed by atoms with van der Waals surface area (Å²) in [7, 11) is 8.50. The second kappa shape index (κ2) is 13.0. The van der Waals surface area contributed by atoms with Crippen LogP contribution >= 0.6 is 0 Å². The first-order chi connectivity index (χ1) is 20.3. The van der Waals surface area contributed by atoms with Crippen LogP contribution in [0.5, 0.6) is 0 Å². The van der Waals surface area contributed by atoms with Crippen molar-refractivity contribution in [2.24, 2.45) is 0 Å². The van der Waals surface area contributed by atoms with Gasteiger partial charge < -0.3 is 14.7 Å². The van der Waals surface area contributed by atoms with Crippen molar-refractivity contribution in [1.82, 2.24) is 0 Å². The molecule has 0 aliphatic carbocycles. The largest absolute Gasteiger partial charge is 0.378 e. The van der Waals surface area contributed by atoms with Gasteiger partial charge in [-0.1, -0.05) is 96.1 Å². The standard InChI is InChI=1S/C39H43N3/c1-29-7-11-31(12-8-29)27-41(5)37-23-17-34(18-24-37)39(33-15-21-36(22-16-33)40(3)4)35-19-25-38(26-20-35)42(6)28-32-13-9-30(2)10-14-32/h7-26,39H,27-28H2,1-6H3. The molecule has 0 saturated heterocycles. The lowest BCUT2D eigenvalue weighted by molar-refractivity contribution is 0.914. The Balaban J connectivity index is 1.40. The first kappa shape index (κ1) is 29.0. The molecular weight excluding hydrogens is 510 g/mol. The Morgan fingerprint density at radius 1 is 0.405 bits per heavy atom. The minimum Gasteiger partial charge on any atom is -0.378 e. The van der Waals surface area contributed by atoms with Gasteiger partial charge in [-0.2, -0.15) is 0 Å². The maximum absolute atomic E-state index is 2.31. The molecule has 214 valence electrons. The van der Waals surface area contributed by atoms with Gasteiger partial charge in [-0.15, -0.1) is 0 Å². The van der Waals surface area contributed by atoms with Crippen LogP contribution in [-0.4, -0.2) is 28.2 Å². The first-order valence-electron chi connectivity index (χ1n) is 14.8. The number of benzene rings is 5. The van der Waals surface area contributed by atoms with Crippen molar-refractivity contribution >= 4 is 17.1 Å². The molecule has 0 fully saturated rings. The maximum atomic E-state index is 2.31. The van der Waals surface area contributed by atoms with E-state index in [4.69, 9.17) is 0 Å². The average Bonchev–Trinajstić information content (AvgIpc) is 3.00. The zero-order valence-electron chi connectivity index (χ0n) is 25.9. The molecule has 0 amide bonds. The fourth-order valence-electron chi connectivity index (χ4n) is 5.50. The van der Waals surface area contributed by atoms with Gasteiger partial charge in [0.2, 0.25) is 0 Å². The number of nitrogens with zero attached hydrogens (tertiary/aromatic N) is 3. The molecule has 42 heavy (non-hydrogen) atoms. The molecule has 5 rings (SSSR count). The molecule has 0 saturated carbocycles. The molecule has 0 atom stereocenters. The summed E-state index contributed by atoms with van der Waals surface area (Å²) in [6, 6.07) is 44.8. The van der Waals surface area contributed by atoms with Gasteiger partial charge in [-0.25, -0.2) is 0 Å². The highest BCUT2D eigenvalue weighted by molar-refractivity contribution is 5.56. The summed E-state index contributed by atoms with van der Waals surface area (Å²) >= 11 is 0. The van der Waals surface area contributed by atoms with Gasteiger partial charge in [-0.3, -0.25) is 0 Å². The minimum atomic E-state index is 0.147. The molecule has 0 aliphatic heterocycles. The Bertz CT molecular complexity index is 1450. The van der Waals surface area contributed by atoms with E-state index in [9.17, 15) is 0 Å². The molecule has 3 heteroatoms. The van der Waals surface area contributed by atoms with Crippen LogP contribution in [0.3, 0.4) is 0 Å². The summed E-state index contributed by atoms with van der Waals surface area (Å²) < 4.78 is 0. The number of rotatable bonds is 10. The molecule has 0 radical (unpaired) electrons. The third-order valence-corrected chi connectivity index (χ3v) is 8.16. The average molecular weight is 554 g/mol. The molecule has 0 spiro atoms. The molecule has 0 aromatic heterocycles. The number of aryl methyl sites for hydroxylation is 2. The van der Waals surface area contributed by atoms with Gasteiger partial charge in [0.05, 0.1) is 0 Å². The predicted molar refractivity (Wildman–Crippen MR) is 181 cm³/mol. The van der Waals surface area contributed by atoms with Crippen molar-refractivity contribution < 1.29 is 0 Å². The van der Waals surface area contributed by atoms with Crippen LogP contribution in [0.1, 0.15) is 44.9 Å². The fourth-order valence-corrected chi connectivity index (χ4v) is 5.50. The highest BCUT2D eigenvalue weighted by Crippen LogP contribution is 2.35. The molecular formula is C39H43N3. The third kappa shape index (κ3) is 7.03. The lowest BCUT2D eigenvalue weighted by atomic mass is 9.85. The van der Waals surface area contributed by atoms with E-state index >= 15 is 0 Å². The molecule has 0 bridgehead atoms. The predicted octanol–water partition coefficient (Wildman–Crippen LogP) is 8.82. The molecule has 3 nitrogen and oxygen atoms in total. The fraction of sp³-hybridized carbons (Fsp3) is 0.231. The smallest absolute Gasteiger partial charge is 0.0426 e. The van der Waals surface area contributed by atoms with E-state index in [1.54, 1.807) is 0 Å². The van der Waals surface area contributed by atoms with Crippen molar-refractivity contribution in [1.29, 1.82) is 0 Å². The molecule has 0 N–H and O–H groups in total. The van der Waals surface area contributed by atoms with Crippen LogP contribution < -0.4 is 14.7 Å². The van der Waals surface area contributed by atoms with Crippen molar-refractivity contribution in [2.45, 2.75) is 32.9 Å². The quantitative estimate of drug-likeness (QED) is 0.160. The van der Waals surface area contributed by atoms with E-state index in [2.05, 4.69) is 178 Å². The van der Waals surface area contributed by atoms with Crippen molar-refractivity contribution in [3.63, 3.8) is 0 Å². The second-order valence-corrected chi connectivity index (χ2v) is 11.8. The molecule has 5 aromatic carbocycles. The van der Waals surface area contributed by atoms with Gasteiger partial charge in [0.1, 0.15) is 0 Å². The monoisotopic (exact) mass is 553 g/mol. The summed E-state index contributed by atoms with van der Waals surface area (Å²) in [6.45, 7) is 6.03. The zero-order chi connectivity index (χ0) is 29.6. The normalized spacial score (nSPS) is 11.0. The third-order valence-electron chi connectivity index (χ3n) is 8.16. The van der Waals surface area contributed by atoms with Gasteiger partial charge in [0, 0.05) is 64.3 Å². The van der Waals surface area contributed by atoms with Gasteiger partial charge in [0.15, 0.2) is 0 Å². The highest BCUT2D eigenvalue weighted by atomic mass is 15.1. The van der Waals surface area contributed by atoms with Crippen molar-refractivity contribution in [3.8, 4) is 0 Å². The van der Waals surface area contributed by atoms with Crippen LogP contribution in [0.4, 0.5) is 17.1 Å². The van der Waals surface area contributed by atoms with Crippen LogP contribution in [0.2, 0.25) is 0 Å². The van der Waals surface area contributed by atoms with Gasteiger partial charge >= 0.3 is 0 Å². The number of hydrogen-bond donors (Lipinski definition) is 0. The zero-order valence-corrected chi connectivity index (χ0v) is 25.9. The Kier molecular flexibility index (Phi) is 8.97. The van der Waals surface area contributed by atoms with E-state index in [1.807, 2.05) is 0 Å². The first-order valence-corrected chi connectivity index (χ1v) is 14.8. The lowest BCUT2D eigenvalue weighted by Crippen LogP contribution is -2.17. The van der Waals surface area contributed by atoms with E-state index in [1.165, 1.54) is 56.0 Å². The lowest BCUT2D eigenvalue weighted by Gasteiger charge is -2.24. The molecule has 0 aliphatic rings. The Morgan fingerprint density at radius 3 is 1.02 bits per heavy atom. The van der Waals surface area contributed by atoms with E-state index in [0.29, 0.717) is 0 Å². The Hall–Kier alpha value is -4.50. The van der Waals surface area contributed by atoms with E-state index in [0.717, 1.165) is 13.1 Å². The Labute approximate surface area is 252 Å². The summed E-state index contributed by atoms with van der Waals surface area (Å²) in [6.07, 6.45) is 0. The number of hydrogen-bond acceptors (Lipinski definition) is 3. The van der Waals surface area contributed by atoms with E-state index in [-0.39, 0.29) is 5.92 Å². The van der Waals surface area contributed by atoms with Crippen LogP contribution in [0.15, 0.2) is 121 Å². The number of anilines is 3. The van der Waals surface area contributed by atoms with Crippen molar-refractivity contribution in [3.05, 3.63) is 160 Å². The summed E-state index contributed by atoms with van der Waals surface area (Å²) in [5.74, 6) is 0.147. The van der Waals surface area contributed by atoms with Crippen LogP contribution in [0, 0.1) is 13.8 Å². The van der Waals surface area contributed by atoms with E-state index < -0.39 is 0 Å².